The zero-order valence-corrected chi connectivity index (χ0v) is 12.3. The minimum Gasteiger partial charge on any atom is -0.478 e. The van der Waals surface area contributed by atoms with E-state index in [9.17, 15) is 4.79 Å². The maximum absolute atomic E-state index is 10.8. The third kappa shape index (κ3) is 4.33. The maximum atomic E-state index is 10.8. The maximum Gasteiger partial charge on any atom is 0.335 e. The van der Waals surface area contributed by atoms with E-state index in [1.807, 2.05) is 26.2 Å². The molecule has 2 aromatic carbocycles. The number of benzene rings is 2. The van der Waals surface area contributed by atoms with Crippen molar-refractivity contribution < 1.29 is 9.90 Å². The van der Waals surface area contributed by atoms with Crippen molar-refractivity contribution in [3.63, 3.8) is 0 Å². The quantitative estimate of drug-likeness (QED) is 0.856. The van der Waals surface area contributed by atoms with Crippen molar-refractivity contribution in [2.75, 3.05) is 19.0 Å². The van der Waals surface area contributed by atoms with Crippen LogP contribution in [0.25, 0.3) is 0 Å². The predicted octanol–water partition coefficient (Wildman–Crippen LogP) is 2.74. The van der Waals surface area contributed by atoms with Crippen LogP contribution in [0.5, 0.6) is 0 Å². The monoisotopic (exact) mass is 284 g/mol. The van der Waals surface area contributed by atoms with Gasteiger partial charge in [-0.1, -0.05) is 24.3 Å². The van der Waals surface area contributed by atoms with Gasteiger partial charge in [-0.05, 0) is 35.4 Å². The molecule has 0 amide bonds. The molecule has 2 aromatic rings. The van der Waals surface area contributed by atoms with Crippen LogP contribution < -0.4 is 10.2 Å². The van der Waals surface area contributed by atoms with E-state index in [1.165, 1.54) is 11.3 Å². The highest BCUT2D eigenvalue weighted by molar-refractivity contribution is 5.87. The molecule has 0 heterocycles. The molecule has 110 valence electrons. The average Bonchev–Trinajstić information content (AvgIpc) is 2.48. The molecular weight excluding hydrogens is 264 g/mol. The van der Waals surface area contributed by atoms with Crippen molar-refractivity contribution in [2.24, 2.45) is 0 Å². The summed E-state index contributed by atoms with van der Waals surface area (Å²) in [5, 5.41) is 12.2. The summed E-state index contributed by atoms with van der Waals surface area (Å²) in [4.78, 5) is 12.8. The first-order valence-electron chi connectivity index (χ1n) is 6.85. The van der Waals surface area contributed by atoms with E-state index in [4.69, 9.17) is 5.11 Å². The first kappa shape index (κ1) is 15.1. The van der Waals surface area contributed by atoms with Gasteiger partial charge in [-0.25, -0.2) is 4.79 Å². The SMILES string of the molecule is CN(C)c1ccc(CNCc2ccc(C(=O)O)cc2)cc1. The van der Waals surface area contributed by atoms with E-state index in [0.29, 0.717) is 5.56 Å². The lowest BCUT2D eigenvalue weighted by Gasteiger charge is -2.13. The summed E-state index contributed by atoms with van der Waals surface area (Å²) in [6.07, 6.45) is 0. The lowest BCUT2D eigenvalue weighted by molar-refractivity contribution is 0.0697. The first-order valence-corrected chi connectivity index (χ1v) is 6.85. The largest absolute Gasteiger partial charge is 0.478 e. The van der Waals surface area contributed by atoms with Gasteiger partial charge in [0.1, 0.15) is 0 Å². The van der Waals surface area contributed by atoms with Gasteiger partial charge in [-0.2, -0.15) is 0 Å². The molecule has 2 N–H and O–H groups in total. The summed E-state index contributed by atoms with van der Waals surface area (Å²) in [6.45, 7) is 1.50. The Morgan fingerprint density at radius 1 is 0.952 bits per heavy atom. The van der Waals surface area contributed by atoms with Gasteiger partial charge in [0, 0.05) is 32.9 Å². The fraction of sp³-hybridized carbons (Fsp3) is 0.235. The Bertz CT molecular complexity index is 589. The lowest BCUT2D eigenvalue weighted by Crippen LogP contribution is -2.13. The number of hydrogen-bond donors (Lipinski definition) is 2. The van der Waals surface area contributed by atoms with Gasteiger partial charge in [-0.15, -0.1) is 0 Å². The van der Waals surface area contributed by atoms with E-state index in [2.05, 4.69) is 34.5 Å². The number of anilines is 1. The molecule has 21 heavy (non-hydrogen) atoms. The topological polar surface area (TPSA) is 52.6 Å². The minimum atomic E-state index is -0.893. The minimum absolute atomic E-state index is 0.318. The van der Waals surface area contributed by atoms with Crippen molar-refractivity contribution in [2.45, 2.75) is 13.1 Å². The lowest BCUT2D eigenvalue weighted by atomic mass is 10.1. The van der Waals surface area contributed by atoms with Crippen molar-refractivity contribution in [1.29, 1.82) is 0 Å². The van der Waals surface area contributed by atoms with E-state index < -0.39 is 5.97 Å². The smallest absolute Gasteiger partial charge is 0.335 e. The Morgan fingerprint density at radius 2 is 1.43 bits per heavy atom. The highest BCUT2D eigenvalue weighted by atomic mass is 16.4. The molecule has 4 heteroatoms. The molecular formula is C17H20N2O2. The van der Waals surface area contributed by atoms with Crippen molar-refractivity contribution in [1.82, 2.24) is 5.32 Å². The highest BCUT2D eigenvalue weighted by Gasteiger charge is 2.01. The first-order chi connectivity index (χ1) is 10.1. The Labute approximate surface area is 125 Å². The second kappa shape index (κ2) is 6.90. The van der Waals surface area contributed by atoms with Crippen LogP contribution in [0.4, 0.5) is 5.69 Å². The summed E-state index contributed by atoms with van der Waals surface area (Å²) < 4.78 is 0. The summed E-state index contributed by atoms with van der Waals surface area (Å²) >= 11 is 0. The molecule has 0 aliphatic heterocycles. The van der Waals surface area contributed by atoms with Crippen molar-refractivity contribution in [3.8, 4) is 0 Å². The van der Waals surface area contributed by atoms with Crippen LogP contribution in [0.3, 0.4) is 0 Å². The van der Waals surface area contributed by atoms with Gasteiger partial charge in [-0.3, -0.25) is 0 Å². The molecule has 0 aromatic heterocycles. The van der Waals surface area contributed by atoms with Gasteiger partial charge >= 0.3 is 5.97 Å². The molecule has 0 bridgehead atoms. The molecule has 0 atom stereocenters. The molecule has 0 saturated carbocycles. The van der Waals surface area contributed by atoms with Gasteiger partial charge in [0.05, 0.1) is 5.56 Å². The summed E-state index contributed by atoms with van der Waals surface area (Å²) in [5.74, 6) is -0.893. The van der Waals surface area contributed by atoms with E-state index in [0.717, 1.165) is 18.7 Å². The van der Waals surface area contributed by atoms with Gasteiger partial charge in [0.2, 0.25) is 0 Å². The van der Waals surface area contributed by atoms with Gasteiger partial charge in [0.25, 0.3) is 0 Å². The molecule has 0 spiro atoms. The molecule has 0 saturated heterocycles. The molecule has 0 aliphatic carbocycles. The van der Waals surface area contributed by atoms with Crippen molar-refractivity contribution >= 4 is 11.7 Å². The molecule has 0 fully saturated rings. The molecule has 2 rings (SSSR count). The Kier molecular flexibility index (Phi) is 4.95. The average molecular weight is 284 g/mol. The fourth-order valence-corrected chi connectivity index (χ4v) is 2.03. The Balaban J connectivity index is 1.85. The zero-order valence-electron chi connectivity index (χ0n) is 12.3. The predicted molar refractivity (Wildman–Crippen MR) is 84.7 cm³/mol. The normalized spacial score (nSPS) is 10.4. The van der Waals surface area contributed by atoms with Crippen molar-refractivity contribution in [3.05, 3.63) is 65.2 Å². The molecule has 0 unspecified atom stereocenters. The van der Waals surface area contributed by atoms with E-state index in [-0.39, 0.29) is 0 Å². The summed E-state index contributed by atoms with van der Waals surface area (Å²) in [5.41, 5.74) is 3.80. The third-order valence-electron chi connectivity index (χ3n) is 3.31. The summed E-state index contributed by atoms with van der Waals surface area (Å²) in [7, 11) is 4.04. The molecule has 0 radical (unpaired) electrons. The van der Waals surface area contributed by atoms with Crippen LogP contribution in [0.15, 0.2) is 48.5 Å². The fourth-order valence-electron chi connectivity index (χ4n) is 2.03. The second-order valence-corrected chi connectivity index (χ2v) is 5.17. The number of carboxylic acids is 1. The zero-order chi connectivity index (χ0) is 15.2. The van der Waals surface area contributed by atoms with E-state index >= 15 is 0 Å². The van der Waals surface area contributed by atoms with Crippen LogP contribution in [0, 0.1) is 0 Å². The van der Waals surface area contributed by atoms with Crippen LogP contribution >= 0.6 is 0 Å². The number of carbonyl (C=O) groups is 1. The molecule has 4 nitrogen and oxygen atoms in total. The van der Waals surface area contributed by atoms with Gasteiger partial charge < -0.3 is 15.3 Å². The number of rotatable bonds is 6. The van der Waals surface area contributed by atoms with Crippen LogP contribution in [0.2, 0.25) is 0 Å². The van der Waals surface area contributed by atoms with Crippen LogP contribution in [-0.2, 0) is 13.1 Å². The Hall–Kier alpha value is -2.33. The number of nitrogens with zero attached hydrogens (tertiary/aromatic N) is 1. The molecule has 0 aliphatic rings. The Morgan fingerprint density at radius 3 is 1.86 bits per heavy atom. The standard InChI is InChI=1S/C17H20N2O2/c1-19(2)16-9-5-14(6-10-16)12-18-11-13-3-7-15(8-4-13)17(20)21/h3-10,18H,11-12H2,1-2H3,(H,20,21). The van der Waals surface area contributed by atoms with E-state index in [1.54, 1.807) is 12.1 Å². The highest BCUT2D eigenvalue weighted by Crippen LogP contribution is 2.12. The van der Waals surface area contributed by atoms with Gasteiger partial charge in [0.15, 0.2) is 0 Å². The third-order valence-corrected chi connectivity index (χ3v) is 3.31. The number of aromatic carboxylic acids is 1. The van der Waals surface area contributed by atoms with Crippen LogP contribution in [-0.4, -0.2) is 25.2 Å². The van der Waals surface area contributed by atoms with Crippen LogP contribution in [0.1, 0.15) is 21.5 Å². The summed E-state index contributed by atoms with van der Waals surface area (Å²) in [6, 6.07) is 15.3. The number of carboxylic acid groups (broad SMARTS) is 1. The number of nitrogens with one attached hydrogen (secondary N) is 1. The second-order valence-electron chi connectivity index (χ2n) is 5.17. The number of hydrogen-bond acceptors (Lipinski definition) is 3.